The fraction of sp³-hybridized carbons (Fsp3) is 0.156. The number of nitrogens with zero attached hydrogens (tertiary/aromatic N) is 4. The third-order valence-electron chi connectivity index (χ3n) is 7.28. The second-order valence-corrected chi connectivity index (χ2v) is 11.3. The first kappa shape index (κ1) is 29.0. The van der Waals surface area contributed by atoms with E-state index in [1.54, 1.807) is 59.3 Å². The minimum Gasteiger partial charge on any atom is -0.365 e. The lowest BCUT2D eigenvalue weighted by Crippen LogP contribution is -2.17. The summed E-state index contributed by atoms with van der Waals surface area (Å²) in [7, 11) is 0. The molecule has 0 spiro atoms. The van der Waals surface area contributed by atoms with Crippen LogP contribution in [0.25, 0.3) is 43.5 Å². The highest BCUT2D eigenvalue weighted by molar-refractivity contribution is 7.21. The monoisotopic (exact) mass is 614 g/mol. The molecule has 0 atom stereocenters. The number of aryl methyl sites for hydroxylation is 3. The van der Waals surface area contributed by atoms with Crippen LogP contribution in [0.1, 0.15) is 43.9 Å². The van der Waals surface area contributed by atoms with Crippen LogP contribution in [0.3, 0.4) is 0 Å². The van der Waals surface area contributed by atoms with E-state index in [-0.39, 0.29) is 31.9 Å². The number of fused-ring (bicyclic) bond motifs is 2. The average Bonchev–Trinajstić information content (AvgIpc) is 3.56. The summed E-state index contributed by atoms with van der Waals surface area (Å²) in [5, 5.41) is 8.04. The predicted molar refractivity (Wildman–Crippen MR) is 165 cm³/mol. The van der Waals surface area contributed by atoms with Crippen LogP contribution in [-0.2, 0) is 12.7 Å². The number of para-hydroxylation sites is 1. The van der Waals surface area contributed by atoms with Gasteiger partial charge in [0.1, 0.15) is 15.4 Å². The van der Waals surface area contributed by atoms with Gasteiger partial charge in [-0.25, -0.2) is 9.97 Å². The van der Waals surface area contributed by atoms with Gasteiger partial charge in [0, 0.05) is 29.1 Å². The molecule has 4 heterocycles. The number of amides is 2. The number of rotatable bonds is 6. The molecule has 3 N–H and O–H groups in total. The first-order valence-corrected chi connectivity index (χ1v) is 14.4. The molecule has 0 saturated heterocycles. The van der Waals surface area contributed by atoms with Gasteiger partial charge in [0.15, 0.2) is 0 Å². The third-order valence-corrected chi connectivity index (χ3v) is 8.38. The Bertz CT molecular complexity index is 2100. The molecular weight excluding hydrogens is 589 g/mol. The van der Waals surface area contributed by atoms with Crippen molar-refractivity contribution in [3.8, 4) is 22.4 Å². The van der Waals surface area contributed by atoms with E-state index in [1.165, 1.54) is 0 Å². The lowest BCUT2D eigenvalue weighted by molar-refractivity contribution is -0.140. The molecule has 0 aliphatic heterocycles. The summed E-state index contributed by atoms with van der Waals surface area (Å²) < 4.78 is 43.5. The molecule has 0 bridgehead atoms. The maximum absolute atomic E-state index is 14.1. The summed E-state index contributed by atoms with van der Waals surface area (Å²) in [6, 6.07) is 16.6. The van der Waals surface area contributed by atoms with Crippen LogP contribution in [0.2, 0.25) is 0 Å². The fourth-order valence-electron chi connectivity index (χ4n) is 5.11. The summed E-state index contributed by atoms with van der Waals surface area (Å²) in [5.41, 5.74) is 8.90. The molecule has 6 aromatic rings. The number of carbonyl (C=O) groups excluding carboxylic acids is 2. The minimum absolute atomic E-state index is 0.00303. The van der Waals surface area contributed by atoms with Crippen LogP contribution in [-0.4, -0.2) is 31.6 Å². The number of halogens is 3. The number of thiophene rings is 1. The Labute approximate surface area is 253 Å². The van der Waals surface area contributed by atoms with Crippen LogP contribution in [0.15, 0.2) is 66.9 Å². The number of pyridine rings is 2. The summed E-state index contributed by atoms with van der Waals surface area (Å²) in [6.07, 6.45) is -2.90. The molecule has 12 heteroatoms. The highest BCUT2D eigenvalue weighted by Crippen LogP contribution is 2.44. The van der Waals surface area contributed by atoms with E-state index in [2.05, 4.69) is 15.4 Å². The Morgan fingerprint density at radius 3 is 2.39 bits per heavy atom. The van der Waals surface area contributed by atoms with Crippen molar-refractivity contribution in [1.29, 1.82) is 0 Å². The van der Waals surface area contributed by atoms with Crippen LogP contribution < -0.4 is 11.1 Å². The van der Waals surface area contributed by atoms with Gasteiger partial charge in [0.2, 0.25) is 0 Å². The lowest BCUT2D eigenvalue weighted by Gasteiger charge is -2.14. The van der Waals surface area contributed by atoms with Gasteiger partial charge in [-0.15, -0.1) is 11.3 Å². The van der Waals surface area contributed by atoms with Crippen molar-refractivity contribution < 1.29 is 22.8 Å². The third kappa shape index (κ3) is 5.17. The minimum atomic E-state index is -4.75. The molecule has 0 aliphatic rings. The number of nitrogens with one attached hydrogen (secondary N) is 1. The fourth-order valence-corrected chi connectivity index (χ4v) is 6.12. The number of anilines is 1. The first-order valence-electron chi connectivity index (χ1n) is 13.6. The standard InChI is InChI=1S/C32H25F3N6O2S/c1-4-41-15-22(17(3)40-41)24-13-21(19-7-5-6-8-23(19)37-24)30(43)39-27-26-20(18-11-9-16(2)10-12-18)14-25(32(33,34)35)38-31(26)44-28(27)29(36)42/h5-15H,4H2,1-3H3,(H2,36,42)(H,39,43). The molecule has 222 valence electrons. The van der Waals surface area contributed by atoms with E-state index in [4.69, 9.17) is 10.7 Å². The number of hydrogen-bond acceptors (Lipinski definition) is 6. The lowest BCUT2D eigenvalue weighted by atomic mass is 9.99. The largest absolute Gasteiger partial charge is 0.433 e. The maximum Gasteiger partial charge on any atom is 0.433 e. The second kappa shape index (κ2) is 10.9. The second-order valence-electron chi connectivity index (χ2n) is 10.3. The first-order chi connectivity index (χ1) is 20.9. The van der Waals surface area contributed by atoms with Crippen LogP contribution in [0.5, 0.6) is 0 Å². The molecular formula is C32H25F3N6O2S. The van der Waals surface area contributed by atoms with Gasteiger partial charge in [0.25, 0.3) is 11.8 Å². The van der Waals surface area contributed by atoms with Crippen LogP contribution in [0.4, 0.5) is 18.9 Å². The quantitative estimate of drug-likeness (QED) is 0.203. The molecule has 0 unspecified atom stereocenters. The normalized spacial score (nSPS) is 11.8. The molecule has 44 heavy (non-hydrogen) atoms. The van der Waals surface area contributed by atoms with Crippen molar-refractivity contribution in [2.24, 2.45) is 5.73 Å². The summed E-state index contributed by atoms with van der Waals surface area (Å²) in [4.78, 5) is 35.1. The van der Waals surface area contributed by atoms with E-state index in [0.29, 0.717) is 40.0 Å². The molecule has 0 saturated carbocycles. The Kier molecular flexibility index (Phi) is 7.16. The van der Waals surface area contributed by atoms with E-state index in [9.17, 15) is 22.8 Å². The van der Waals surface area contributed by atoms with Crippen molar-refractivity contribution in [3.05, 3.63) is 94.3 Å². The molecule has 2 aromatic carbocycles. The van der Waals surface area contributed by atoms with E-state index in [0.717, 1.165) is 22.9 Å². The van der Waals surface area contributed by atoms with Gasteiger partial charge in [-0.1, -0.05) is 48.0 Å². The van der Waals surface area contributed by atoms with Gasteiger partial charge >= 0.3 is 6.18 Å². The number of carbonyl (C=O) groups is 2. The Morgan fingerprint density at radius 1 is 1.00 bits per heavy atom. The molecule has 2 amide bonds. The van der Waals surface area contributed by atoms with Crippen molar-refractivity contribution >= 4 is 50.0 Å². The summed E-state index contributed by atoms with van der Waals surface area (Å²) in [6.45, 7) is 6.32. The Hall–Kier alpha value is -5.10. The molecule has 0 radical (unpaired) electrons. The highest BCUT2D eigenvalue weighted by Gasteiger charge is 2.35. The van der Waals surface area contributed by atoms with E-state index >= 15 is 0 Å². The Balaban J connectivity index is 1.56. The highest BCUT2D eigenvalue weighted by atomic mass is 32.1. The zero-order valence-electron chi connectivity index (χ0n) is 23.8. The Morgan fingerprint density at radius 2 is 1.73 bits per heavy atom. The molecule has 0 aliphatic carbocycles. The van der Waals surface area contributed by atoms with Gasteiger partial charge in [-0.2, -0.15) is 18.3 Å². The van der Waals surface area contributed by atoms with Crippen LogP contribution in [0, 0.1) is 13.8 Å². The van der Waals surface area contributed by atoms with Crippen molar-refractivity contribution in [2.45, 2.75) is 33.5 Å². The smallest absolute Gasteiger partial charge is 0.365 e. The number of primary amides is 1. The number of benzene rings is 2. The zero-order valence-corrected chi connectivity index (χ0v) is 24.6. The number of alkyl halides is 3. The topological polar surface area (TPSA) is 116 Å². The van der Waals surface area contributed by atoms with Crippen molar-refractivity contribution in [1.82, 2.24) is 19.7 Å². The molecule has 4 aromatic heterocycles. The van der Waals surface area contributed by atoms with Gasteiger partial charge in [0.05, 0.1) is 28.2 Å². The van der Waals surface area contributed by atoms with Gasteiger partial charge in [-0.3, -0.25) is 14.3 Å². The van der Waals surface area contributed by atoms with E-state index in [1.807, 2.05) is 27.0 Å². The molecule has 6 rings (SSSR count). The average molecular weight is 615 g/mol. The summed E-state index contributed by atoms with van der Waals surface area (Å²) >= 11 is 0.699. The SMILES string of the molecule is CCn1cc(-c2cc(C(=O)Nc3c(C(N)=O)sc4nc(C(F)(F)F)cc(-c5ccc(C)cc5)c34)c3ccccc3n2)c(C)n1. The van der Waals surface area contributed by atoms with Gasteiger partial charge < -0.3 is 11.1 Å². The van der Waals surface area contributed by atoms with Crippen molar-refractivity contribution in [3.63, 3.8) is 0 Å². The zero-order chi connectivity index (χ0) is 31.3. The number of nitrogens with two attached hydrogens (primary N) is 1. The molecule has 8 nitrogen and oxygen atoms in total. The predicted octanol–water partition coefficient (Wildman–Crippen LogP) is 7.38. The van der Waals surface area contributed by atoms with Crippen molar-refractivity contribution in [2.75, 3.05) is 5.32 Å². The maximum atomic E-state index is 14.1. The van der Waals surface area contributed by atoms with Crippen LogP contribution >= 0.6 is 11.3 Å². The van der Waals surface area contributed by atoms with Gasteiger partial charge in [-0.05, 0) is 50.1 Å². The summed E-state index contributed by atoms with van der Waals surface area (Å²) in [5.74, 6) is -1.50. The number of aromatic nitrogens is 4. The molecule has 0 fully saturated rings. The number of hydrogen-bond donors (Lipinski definition) is 2. The van der Waals surface area contributed by atoms with E-state index < -0.39 is 23.7 Å².